The van der Waals surface area contributed by atoms with Crippen LogP contribution in [0.1, 0.15) is 35.9 Å². The van der Waals surface area contributed by atoms with Gasteiger partial charge in [-0.05, 0) is 42.5 Å². The summed E-state index contributed by atoms with van der Waals surface area (Å²) in [6.45, 7) is 0.458. The lowest BCUT2D eigenvalue weighted by Gasteiger charge is -2.26. The number of hydrogen-bond donors (Lipinski definition) is 2. The van der Waals surface area contributed by atoms with E-state index in [1.165, 1.54) is 11.1 Å². The lowest BCUT2D eigenvalue weighted by molar-refractivity contribution is -0.0226. The normalized spacial score (nSPS) is 18.0. The average molecular weight is 352 g/mol. The molecule has 0 aliphatic heterocycles. The van der Waals surface area contributed by atoms with Gasteiger partial charge in [-0.1, -0.05) is 36.4 Å². The molecular formula is C21H24N2O3. The number of aryl methyl sites for hydroxylation is 1. The van der Waals surface area contributed by atoms with Crippen molar-refractivity contribution in [3.05, 3.63) is 65.5 Å². The first-order valence-electron chi connectivity index (χ1n) is 9.18. The van der Waals surface area contributed by atoms with E-state index in [0.717, 1.165) is 30.3 Å². The van der Waals surface area contributed by atoms with Gasteiger partial charge in [-0.2, -0.15) is 0 Å². The molecule has 0 saturated heterocycles. The molecule has 2 aromatic carbocycles. The van der Waals surface area contributed by atoms with Crippen LogP contribution < -0.4 is 0 Å². The van der Waals surface area contributed by atoms with Gasteiger partial charge in [-0.25, -0.2) is 4.98 Å². The number of benzene rings is 2. The van der Waals surface area contributed by atoms with E-state index in [2.05, 4.69) is 23.2 Å². The fourth-order valence-electron chi connectivity index (χ4n) is 3.82. The second-order valence-corrected chi connectivity index (χ2v) is 6.85. The molecule has 136 valence electrons. The summed E-state index contributed by atoms with van der Waals surface area (Å²) in [6.07, 6.45) is 2.58. The van der Waals surface area contributed by atoms with Crippen LogP contribution in [0.4, 0.5) is 0 Å². The molecule has 26 heavy (non-hydrogen) atoms. The van der Waals surface area contributed by atoms with Crippen molar-refractivity contribution in [3.63, 3.8) is 0 Å². The summed E-state index contributed by atoms with van der Waals surface area (Å²) in [5.41, 5.74) is 4.33. The number of fused-ring (bicyclic) bond motifs is 2. The highest BCUT2D eigenvalue weighted by atomic mass is 16.5. The number of aliphatic hydroxyl groups excluding tert-OH is 2. The zero-order valence-electron chi connectivity index (χ0n) is 14.7. The Morgan fingerprint density at radius 2 is 1.96 bits per heavy atom. The van der Waals surface area contributed by atoms with Crippen molar-refractivity contribution in [1.29, 1.82) is 0 Å². The molecule has 3 aromatic rings. The van der Waals surface area contributed by atoms with Crippen LogP contribution in [0.2, 0.25) is 0 Å². The quantitative estimate of drug-likeness (QED) is 0.716. The van der Waals surface area contributed by atoms with Crippen molar-refractivity contribution in [2.75, 3.05) is 6.61 Å². The summed E-state index contributed by atoms with van der Waals surface area (Å²) in [5.74, 6) is 0.563. The van der Waals surface area contributed by atoms with Gasteiger partial charge in [0.25, 0.3) is 0 Å². The first kappa shape index (κ1) is 17.2. The summed E-state index contributed by atoms with van der Waals surface area (Å²) >= 11 is 0. The molecule has 1 aliphatic rings. The molecule has 1 aliphatic carbocycles. The second-order valence-electron chi connectivity index (χ2n) is 6.85. The molecule has 2 atom stereocenters. The van der Waals surface area contributed by atoms with Crippen molar-refractivity contribution < 1.29 is 14.9 Å². The fraction of sp³-hybridized carbons (Fsp3) is 0.381. The Morgan fingerprint density at radius 1 is 1.15 bits per heavy atom. The van der Waals surface area contributed by atoms with E-state index in [-0.39, 0.29) is 19.3 Å². The van der Waals surface area contributed by atoms with Crippen molar-refractivity contribution in [1.82, 2.24) is 9.55 Å². The Balaban J connectivity index is 1.45. The number of hydrogen-bond acceptors (Lipinski definition) is 4. The van der Waals surface area contributed by atoms with Gasteiger partial charge in [0, 0.05) is 0 Å². The summed E-state index contributed by atoms with van der Waals surface area (Å²) in [5, 5.41) is 20.1. The van der Waals surface area contributed by atoms with E-state index < -0.39 is 6.10 Å². The predicted molar refractivity (Wildman–Crippen MR) is 99.7 cm³/mol. The van der Waals surface area contributed by atoms with E-state index >= 15 is 0 Å². The van der Waals surface area contributed by atoms with Crippen LogP contribution in [-0.2, 0) is 24.3 Å². The molecule has 0 spiro atoms. The first-order valence-corrected chi connectivity index (χ1v) is 9.18. The third-order valence-electron chi connectivity index (χ3n) is 5.07. The van der Waals surface area contributed by atoms with Gasteiger partial charge in [0.15, 0.2) is 0 Å². The van der Waals surface area contributed by atoms with Crippen LogP contribution in [0.25, 0.3) is 11.0 Å². The molecule has 1 aromatic heterocycles. The molecule has 0 fully saturated rings. The highest BCUT2D eigenvalue weighted by Crippen LogP contribution is 2.32. The van der Waals surface area contributed by atoms with Crippen molar-refractivity contribution in [2.45, 2.75) is 44.6 Å². The largest absolute Gasteiger partial charge is 0.389 e. The number of rotatable bonds is 6. The van der Waals surface area contributed by atoms with E-state index in [0.29, 0.717) is 12.4 Å². The Bertz CT molecular complexity index is 890. The van der Waals surface area contributed by atoms with Crippen molar-refractivity contribution in [3.8, 4) is 0 Å². The summed E-state index contributed by atoms with van der Waals surface area (Å²) in [6, 6.07) is 16.1. The fourth-order valence-corrected chi connectivity index (χ4v) is 3.82. The summed E-state index contributed by atoms with van der Waals surface area (Å²) in [4.78, 5) is 4.42. The highest BCUT2D eigenvalue weighted by molar-refractivity contribution is 5.75. The minimum Gasteiger partial charge on any atom is -0.389 e. The van der Waals surface area contributed by atoms with Crippen molar-refractivity contribution in [2.24, 2.45) is 0 Å². The number of para-hydroxylation sites is 2. The molecule has 0 bridgehead atoms. The molecule has 1 heterocycles. The maximum absolute atomic E-state index is 10.5. The van der Waals surface area contributed by atoms with Gasteiger partial charge >= 0.3 is 0 Å². The van der Waals surface area contributed by atoms with Crippen LogP contribution in [0, 0.1) is 0 Å². The molecule has 4 rings (SSSR count). The Hall–Kier alpha value is -2.21. The van der Waals surface area contributed by atoms with Gasteiger partial charge in [-0.15, -0.1) is 0 Å². The molecule has 0 radical (unpaired) electrons. The molecular weight excluding hydrogens is 328 g/mol. The van der Waals surface area contributed by atoms with Gasteiger partial charge in [-0.3, -0.25) is 0 Å². The zero-order chi connectivity index (χ0) is 17.9. The summed E-state index contributed by atoms with van der Waals surface area (Å²) < 4.78 is 7.93. The third-order valence-corrected chi connectivity index (χ3v) is 5.07. The van der Waals surface area contributed by atoms with Crippen LogP contribution >= 0.6 is 0 Å². The Morgan fingerprint density at radius 3 is 2.85 bits per heavy atom. The number of imidazole rings is 1. The van der Waals surface area contributed by atoms with Gasteiger partial charge in [0.2, 0.25) is 0 Å². The van der Waals surface area contributed by atoms with Crippen LogP contribution in [0.15, 0.2) is 48.5 Å². The maximum atomic E-state index is 10.5. The monoisotopic (exact) mass is 352 g/mol. The maximum Gasteiger partial charge on any atom is 0.135 e. The van der Waals surface area contributed by atoms with E-state index in [9.17, 15) is 10.2 Å². The van der Waals surface area contributed by atoms with E-state index in [4.69, 9.17) is 4.74 Å². The lowest BCUT2D eigenvalue weighted by atomic mass is 9.89. The minimum atomic E-state index is -0.660. The molecule has 5 heteroatoms. The van der Waals surface area contributed by atoms with E-state index in [1.807, 2.05) is 34.9 Å². The number of nitrogens with zero attached hydrogens (tertiary/aromatic N) is 2. The molecule has 2 unspecified atom stereocenters. The van der Waals surface area contributed by atoms with Gasteiger partial charge < -0.3 is 19.5 Å². The minimum absolute atomic E-state index is 0.0476. The van der Waals surface area contributed by atoms with Crippen LogP contribution in [-0.4, -0.2) is 32.5 Å². The topological polar surface area (TPSA) is 67.5 Å². The van der Waals surface area contributed by atoms with Gasteiger partial charge in [0.1, 0.15) is 12.4 Å². The SMILES string of the molecule is OCc1nc2ccccc2n1CC(O)COC1CCCc2ccccc21. The zero-order valence-corrected chi connectivity index (χ0v) is 14.7. The van der Waals surface area contributed by atoms with Gasteiger partial charge in [0.05, 0.1) is 36.4 Å². The Kier molecular flexibility index (Phi) is 5.02. The molecule has 2 N–H and O–H groups in total. The third kappa shape index (κ3) is 3.38. The van der Waals surface area contributed by atoms with Crippen molar-refractivity contribution >= 4 is 11.0 Å². The smallest absolute Gasteiger partial charge is 0.135 e. The Labute approximate surface area is 152 Å². The average Bonchev–Trinajstić information content (AvgIpc) is 3.04. The first-order chi connectivity index (χ1) is 12.8. The highest BCUT2D eigenvalue weighted by Gasteiger charge is 2.22. The van der Waals surface area contributed by atoms with Crippen LogP contribution in [0.3, 0.4) is 0 Å². The number of aromatic nitrogens is 2. The number of ether oxygens (including phenoxy) is 1. The van der Waals surface area contributed by atoms with Crippen LogP contribution in [0.5, 0.6) is 0 Å². The standard InChI is InChI=1S/C21H24N2O3/c24-13-21-22-18-9-3-4-10-19(18)23(21)12-16(25)14-26-20-11-5-7-15-6-1-2-8-17(15)20/h1-4,6,8-10,16,20,24-25H,5,7,11-14H2. The molecule has 0 saturated carbocycles. The summed E-state index contributed by atoms with van der Waals surface area (Å²) in [7, 11) is 0. The predicted octanol–water partition coefficient (Wildman–Crippen LogP) is 2.98. The lowest BCUT2D eigenvalue weighted by Crippen LogP contribution is -2.25. The number of aliphatic hydroxyl groups is 2. The van der Waals surface area contributed by atoms with E-state index in [1.54, 1.807) is 0 Å². The molecule has 0 amide bonds. The second kappa shape index (κ2) is 7.58. The molecule has 5 nitrogen and oxygen atoms in total.